The van der Waals surface area contributed by atoms with Crippen LogP contribution < -0.4 is 10.1 Å². The molecular weight excluding hydrogens is 222 g/mol. The Hall–Kier alpha value is -1.40. The molecule has 1 unspecified atom stereocenters. The van der Waals surface area contributed by atoms with E-state index in [9.17, 15) is 0 Å². The Morgan fingerprint density at radius 2 is 2.18 bits per heavy atom. The summed E-state index contributed by atoms with van der Waals surface area (Å²) >= 11 is 0. The lowest BCUT2D eigenvalue weighted by Gasteiger charge is -2.19. The molecule has 0 aliphatic heterocycles. The van der Waals surface area contributed by atoms with Gasteiger partial charge in [-0.3, -0.25) is 0 Å². The average Bonchev–Trinajstić information content (AvgIpc) is 2.32. The predicted molar refractivity (Wildman–Crippen MR) is 64.3 cm³/mol. The highest BCUT2D eigenvalue weighted by Crippen LogP contribution is 2.20. The van der Waals surface area contributed by atoms with Crippen LogP contribution in [0.4, 0.5) is 5.82 Å². The summed E-state index contributed by atoms with van der Waals surface area (Å²) in [5, 5.41) is 12.2. The molecule has 1 aromatic rings. The third-order valence-corrected chi connectivity index (χ3v) is 2.42. The molecule has 6 nitrogen and oxygen atoms in total. The molecule has 96 valence electrons. The van der Waals surface area contributed by atoms with Crippen molar-refractivity contribution in [3.8, 4) is 5.88 Å². The lowest BCUT2D eigenvalue weighted by molar-refractivity contribution is 0.170. The van der Waals surface area contributed by atoms with Gasteiger partial charge in [-0.05, 0) is 13.3 Å². The number of methoxy groups -OCH3 is 2. The maximum atomic E-state index is 8.96. The Kier molecular flexibility index (Phi) is 5.65. The molecule has 0 fully saturated rings. The lowest BCUT2D eigenvalue weighted by Crippen LogP contribution is -2.27. The smallest absolute Gasteiger partial charge is 0.221 e. The molecule has 0 spiro atoms. The minimum absolute atomic E-state index is 0.0170. The summed E-state index contributed by atoms with van der Waals surface area (Å²) in [6.45, 7) is 2.48. The summed E-state index contributed by atoms with van der Waals surface area (Å²) in [4.78, 5) is 8.15. The summed E-state index contributed by atoms with van der Waals surface area (Å²) in [6.07, 6.45) is 2.04. The molecule has 2 N–H and O–H groups in total. The molecule has 0 saturated carbocycles. The molecule has 1 atom stereocenters. The molecule has 0 aliphatic carbocycles. The van der Waals surface area contributed by atoms with Gasteiger partial charge in [0.15, 0.2) is 0 Å². The van der Waals surface area contributed by atoms with Crippen molar-refractivity contribution in [1.29, 1.82) is 0 Å². The molecule has 0 amide bonds. The Morgan fingerprint density at radius 1 is 1.41 bits per heavy atom. The molecule has 0 aromatic carbocycles. The van der Waals surface area contributed by atoms with E-state index in [1.54, 1.807) is 14.2 Å². The van der Waals surface area contributed by atoms with Gasteiger partial charge in [0.1, 0.15) is 12.1 Å². The zero-order valence-electron chi connectivity index (χ0n) is 10.4. The summed E-state index contributed by atoms with van der Waals surface area (Å²) in [5.74, 6) is 1.25. The molecule has 1 heterocycles. The van der Waals surface area contributed by atoms with Crippen LogP contribution in [0.2, 0.25) is 0 Å². The first kappa shape index (κ1) is 13.7. The fraction of sp³-hybridized carbons (Fsp3) is 0.636. The van der Waals surface area contributed by atoms with Crippen molar-refractivity contribution in [3.05, 3.63) is 11.9 Å². The quantitative estimate of drug-likeness (QED) is 0.728. The zero-order valence-corrected chi connectivity index (χ0v) is 10.4. The molecule has 17 heavy (non-hydrogen) atoms. The second-order valence-corrected chi connectivity index (χ2v) is 3.67. The van der Waals surface area contributed by atoms with E-state index in [0.717, 1.165) is 5.56 Å². The minimum atomic E-state index is 0.0170. The number of aromatic nitrogens is 2. The summed E-state index contributed by atoms with van der Waals surface area (Å²) < 4.78 is 10.2. The van der Waals surface area contributed by atoms with Crippen LogP contribution in [0.1, 0.15) is 12.0 Å². The molecule has 1 rings (SSSR count). The van der Waals surface area contributed by atoms with Gasteiger partial charge in [-0.1, -0.05) is 0 Å². The summed E-state index contributed by atoms with van der Waals surface area (Å²) in [7, 11) is 3.19. The largest absolute Gasteiger partial charge is 0.481 e. The van der Waals surface area contributed by atoms with Crippen molar-refractivity contribution in [1.82, 2.24) is 9.97 Å². The average molecular weight is 241 g/mol. The fourth-order valence-electron chi connectivity index (χ4n) is 1.53. The van der Waals surface area contributed by atoms with Gasteiger partial charge in [-0.2, -0.15) is 0 Å². The van der Waals surface area contributed by atoms with Crippen LogP contribution in [0.5, 0.6) is 5.88 Å². The minimum Gasteiger partial charge on any atom is -0.481 e. The molecule has 6 heteroatoms. The van der Waals surface area contributed by atoms with Gasteiger partial charge >= 0.3 is 0 Å². The molecule has 1 aromatic heterocycles. The van der Waals surface area contributed by atoms with Crippen molar-refractivity contribution in [2.24, 2.45) is 0 Å². The van der Waals surface area contributed by atoms with Crippen LogP contribution in [-0.2, 0) is 4.74 Å². The molecule has 0 bridgehead atoms. The third-order valence-electron chi connectivity index (χ3n) is 2.42. The fourth-order valence-corrected chi connectivity index (χ4v) is 1.53. The van der Waals surface area contributed by atoms with Crippen molar-refractivity contribution in [3.63, 3.8) is 0 Å². The van der Waals surface area contributed by atoms with Crippen LogP contribution in [0.15, 0.2) is 6.33 Å². The highest BCUT2D eigenvalue weighted by molar-refractivity contribution is 5.48. The first-order chi connectivity index (χ1) is 8.22. The highest BCUT2D eigenvalue weighted by Gasteiger charge is 2.12. The maximum Gasteiger partial charge on any atom is 0.221 e. The van der Waals surface area contributed by atoms with Gasteiger partial charge in [0.2, 0.25) is 5.88 Å². The Labute approximate surface area is 101 Å². The van der Waals surface area contributed by atoms with Crippen LogP contribution >= 0.6 is 0 Å². The van der Waals surface area contributed by atoms with Crippen LogP contribution in [-0.4, -0.2) is 48.5 Å². The van der Waals surface area contributed by atoms with E-state index in [1.165, 1.54) is 6.33 Å². The van der Waals surface area contributed by atoms with E-state index in [-0.39, 0.29) is 12.6 Å². The highest BCUT2D eigenvalue weighted by atomic mass is 16.5. The van der Waals surface area contributed by atoms with Gasteiger partial charge in [0.05, 0.1) is 25.3 Å². The topological polar surface area (TPSA) is 76.5 Å². The van der Waals surface area contributed by atoms with Crippen molar-refractivity contribution < 1.29 is 14.6 Å². The van der Waals surface area contributed by atoms with E-state index in [1.807, 2.05) is 6.92 Å². The molecule has 0 aliphatic rings. The van der Waals surface area contributed by atoms with Crippen molar-refractivity contribution in [2.45, 2.75) is 19.4 Å². The number of nitrogens with zero attached hydrogens (tertiary/aromatic N) is 2. The molecule has 0 radical (unpaired) electrons. The second kappa shape index (κ2) is 7.03. The number of aliphatic hydroxyl groups excluding tert-OH is 1. The molecule has 0 saturated heterocycles. The molecular formula is C11H19N3O3. The van der Waals surface area contributed by atoms with E-state index in [4.69, 9.17) is 14.6 Å². The SMILES string of the molecule is COCC(CCO)Nc1ncnc(OC)c1C. The first-order valence-electron chi connectivity index (χ1n) is 5.44. The lowest BCUT2D eigenvalue weighted by atomic mass is 10.2. The number of anilines is 1. The number of rotatable bonds is 7. The number of ether oxygens (including phenoxy) is 2. The normalized spacial score (nSPS) is 12.2. The van der Waals surface area contributed by atoms with E-state index < -0.39 is 0 Å². The monoisotopic (exact) mass is 241 g/mol. The van der Waals surface area contributed by atoms with Crippen LogP contribution in [0.25, 0.3) is 0 Å². The van der Waals surface area contributed by atoms with E-state index in [0.29, 0.717) is 24.7 Å². The van der Waals surface area contributed by atoms with E-state index >= 15 is 0 Å². The van der Waals surface area contributed by atoms with Gasteiger partial charge in [0, 0.05) is 13.7 Å². The second-order valence-electron chi connectivity index (χ2n) is 3.67. The number of hydrogen-bond acceptors (Lipinski definition) is 6. The Morgan fingerprint density at radius 3 is 2.76 bits per heavy atom. The zero-order chi connectivity index (χ0) is 12.7. The Bertz CT molecular complexity index is 341. The number of nitrogens with one attached hydrogen (secondary N) is 1. The van der Waals surface area contributed by atoms with Crippen LogP contribution in [0.3, 0.4) is 0 Å². The van der Waals surface area contributed by atoms with Crippen molar-refractivity contribution in [2.75, 3.05) is 32.8 Å². The number of aliphatic hydroxyl groups is 1. The van der Waals surface area contributed by atoms with Gasteiger partial charge < -0.3 is 19.9 Å². The summed E-state index contributed by atoms with van der Waals surface area (Å²) in [5.41, 5.74) is 0.842. The van der Waals surface area contributed by atoms with Gasteiger partial charge in [0.25, 0.3) is 0 Å². The standard InChI is InChI=1S/C11H19N3O3/c1-8-10(12-7-13-11(8)17-3)14-9(4-5-15)6-16-2/h7,9,15H,4-6H2,1-3H3,(H,12,13,14). The van der Waals surface area contributed by atoms with Gasteiger partial charge in [-0.15, -0.1) is 0 Å². The Balaban J connectivity index is 2.77. The first-order valence-corrected chi connectivity index (χ1v) is 5.44. The predicted octanol–water partition coefficient (Wildman–Crippen LogP) is 0.603. The van der Waals surface area contributed by atoms with Crippen LogP contribution in [0, 0.1) is 6.92 Å². The summed E-state index contributed by atoms with van der Waals surface area (Å²) in [6, 6.07) is 0.0170. The number of hydrogen-bond donors (Lipinski definition) is 2. The van der Waals surface area contributed by atoms with E-state index in [2.05, 4.69) is 15.3 Å². The van der Waals surface area contributed by atoms with Gasteiger partial charge in [-0.25, -0.2) is 9.97 Å². The van der Waals surface area contributed by atoms with Crippen molar-refractivity contribution >= 4 is 5.82 Å². The third kappa shape index (κ3) is 3.83. The maximum absolute atomic E-state index is 8.96.